The lowest BCUT2D eigenvalue weighted by molar-refractivity contribution is 0.585. The van der Waals surface area contributed by atoms with Crippen molar-refractivity contribution in [1.82, 2.24) is 9.97 Å². The summed E-state index contributed by atoms with van der Waals surface area (Å²) in [6.07, 6.45) is 0. The highest BCUT2D eigenvalue weighted by atomic mass is 32.2. The van der Waals surface area contributed by atoms with Crippen molar-refractivity contribution in [3.8, 4) is 0 Å². The highest BCUT2D eigenvalue weighted by Gasteiger charge is 2.23. The fourth-order valence-electron chi connectivity index (χ4n) is 1.81. The first-order valence-electron chi connectivity index (χ1n) is 5.66. The van der Waals surface area contributed by atoms with Gasteiger partial charge in [0.25, 0.3) is 0 Å². The average Bonchev–Trinajstić information content (AvgIpc) is 2.25. The predicted octanol–water partition coefficient (Wildman–Crippen LogP) is 0.637. The van der Waals surface area contributed by atoms with Gasteiger partial charge in [0.1, 0.15) is 0 Å². The molecule has 0 bridgehead atoms. The van der Waals surface area contributed by atoms with Gasteiger partial charge in [-0.25, -0.2) is 18.4 Å². The Morgan fingerprint density at radius 2 is 1.47 bits per heavy atom. The number of anilines is 1. The van der Waals surface area contributed by atoms with Crippen LogP contribution in [0.1, 0.15) is 17.0 Å². The zero-order valence-corrected chi connectivity index (χ0v) is 11.2. The van der Waals surface area contributed by atoms with Crippen LogP contribution in [0.4, 0.5) is 5.95 Å². The Balaban J connectivity index is 2.25. The number of sulfone groups is 1. The number of hydrogen-bond donors (Lipinski definition) is 0. The quantitative estimate of drug-likeness (QED) is 0.737. The topological polar surface area (TPSA) is 63.2 Å². The van der Waals surface area contributed by atoms with Gasteiger partial charge in [-0.1, -0.05) is 0 Å². The maximum atomic E-state index is 11.3. The molecule has 0 spiro atoms. The van der Waals surface area contributed by atoms with Crippen molar-refractivity contribution in [3.05, 3.63) is 17.0 Å². The summed E-state index contributed by atoms with van der Waals surface area (Å²) in [5.74, 6) is 1.05. The maximum absolute atomic E-state index is 11.3. The average molecular weight is 255 g/mol. The second-order valence-electron chi connectivity index (χ2n) is 4.46. The van der Waals surface area contributed by atoms with E-state index in [0.717, 1.165) is 17.0 Å². The molecule has 1 aliphatic heterocycles. The zero-order chi connectivity index (χ0) is 12.6. The van der Waals surface area contributed by atoms with Crippen LogP contribution in [0.5, 0.6) is 0 Å². The highest BCUT2D eigenvalue weighted by molar-refractivity contribution is 7.91. The van der Waals surface area contributed by atoms with Gasteiger partial charge in [-0.05, 0) is 26.3 Å². The highest BCUT2D eigenvalue weighted by Crippen LogP contribution is 2.16. The first-order chi connectivity index (χ1) is 7.89. The molecule has 1 fully saturated rings. The van der Waals surface area contributed by atoms with E-state index in [2.05, 4.69) is 9.97 Å². The Kier molecular flexibility index (Phi) is 3.07. The zero-order valence-electron chi connectivity index (χ0n) is 10.4. The summed E-state index contributed by atoms with van der Waals surface area (Å²) in [5.41, 5.74) is 3.01. The van der Waals surface area contributed by atoms with Gasteiger partial charge in [-0.2, -0.15) is 0 Å². The standard InChI is InChI=1S/C11H17N3O2S/c1-8-9(2)12-11(13-10(8)3)14-4-6-17(15,16)7-5-14/h4-7H2,1-3H3. The third-order valence-corrected chi connectivity index (χ3v) is 4.86. The number of hydrogen-bond acceptors (Lipinski definition) is 5. The summed E-state index contributed by atoms with van der Waals surface area (Å²) in [7, 11) is -2.85. The fraction of sp³-hybridized carbons (Fsp3) is 0.636. The summed E-state index contributed by atoms with van der Waals surface area (Å²) in [6, 6.07) is 0. The van der Waals surface area contributed by atoms with E-state index < -0.39 is 9.84 Å². The monoisotopic (exact) mass is 255 g/mol. The Morgan fingerprint density at radius 3 is 1.94 bits per heavy atom. The Labute approximate surface area is 102 Å². The fourth-order valence-corrected chi connectivity index (χ4v) is 3.01. The van der Waals surface area contributed by atoms with E-state index >= 15 is 0 Å². The van der Waals surface area contributed by atoms with E-state index in [0.29, 0.717) is 19.0 Å². The van der Waals surface area contributed by atoms with Crippen LogP contribution in [0.2, 0.25) is 0 Å². The molecular formula is C11H17N3O2S. The van der Waals surface area contributed by atoms with E-state index in [4.69, 9.17) is 0 Å². The molecule has 6 heteroatoms. The van der Waals surface area contributed by atoms with Crippen molar-refractivity contribution < 1.29 is 8.42 Å². The number of aromatic nitrogens is 2. The van der Waals surface area contributed by atoms with Crippen LogP contribution >= 0.6 is 0 Å². The minimum atomic E-state index is -2.85. The normalized spacial score (nSPS) is 19.4. The lowest BCUT2D eigenvalue weighted by atomic mass is 10.2. The molecule has 0 amide bonds. The van der Waals surface area contributed by atoms with Crippen LogP contribution in [-0.4, -0.2) is 43.0 Å². The molecule has 0 N–H and O–H groups in total. The van der Waals surface area contributed by atoms with Gasteiger partial charge >= 0.3 is 0 Å². The van der Waals surface area contributed by atoms with Crippen LogP contribution in [-0.2, 0) is 9.84 Å². The molecule has 0 radical (unpaired) electrons. The lowest BCUT2D eigenvalue weighted by Crippen LogP contribution is -2.41. The van der Waals surface area contributed by atoms with Gasteiger partial charge < -0.3 is 4.90 Å². The second kappa shape index (κ2) is 4.25. The lowest BCUT2D eigenvalue weighted by Gasteiger charge is -2.27. The van der Waals surface area contributed by atoms with E-state index in [1.165, 1.54) is 0 Å². The molecule has 0 aromatic carbocycles. The SMILES string of the molecule is Cc1nc(N2CCS(=O)(=O)CC2)nc(C)c1C. The molecule has 0 saturated carbocycles. The molecule has 1 aromatic rings. The summed E-state index contributed by atoms with van der Waals surface area (Å²) < 4.78 is 22.7. The van der Waals surface area contributed by atoms with Crippen molar-refractivity contribution in [2.45, 2.75) is 20.8 Å². The van der Waals surface area contributed by atoms with Crippen molar-refractivity contribution in [2.75, 3.05) is 29.5 Å². The van der Waals surface area contributed by atoms with Gasteiger partial charge in [0.05, 0.1) is 11.5 Å². The Morgan fingerprint density at radius 1 is 1.00 bits per heavy atom. The largest absolute Gasteiger partial charge is 0.339 e. The number of nitrogens with zero attached hydrogens (tertiary/aromatic N) is 3. The van der Waals surface area contributed by atoms with Gasteiger partial charge in [0, 0.05) is 24.5 Å². The molecule has 5 nitrogen and oxygen atoms in total. The summed E-state index contributed by atoms with van der Waals surface area (Å²) in [4.78, 5) is 10.8. The van der Waals surface area contributed by atoms with Crippen LogP contribution in [0.15, 0.2) is 0 Å². The van der Waals surface area contributed by atoms with Crippen molar-refractivity contribution in [2.24, 2.45) is 0 Å². The minimum Gasteiger partial charge on any atom is -0.339 e. The van der Waals surface area contributed by atoms with Crippen LogP contribution < -0.4 is 4.90 Å². The molecular weight excluding hydrogens is 238 g/mol. The molecule has 0 atom stereocenters. The van der Waals surface area contributed by atoms with Crippen molar-refractivity contribution in [3.63, 3.8) is 0 Å². The van der Waals surface area contributed by atoms with E-state index in [1.54, 1.807) is 0 Å². The van der Waals surface area contributed by atoms with Crippen molar-refractivity contribution >= 4 is 15.8 Å². The van der Waals surface area contributed by atoms with E-state index in [1.807, 2.05) is 25.7 Å². The molecule has 2 heterocycles. The van der Waals surface area contributed by atoms with E-state index in [9.17, 15) is 8.42 Å². The maximum Gasteiger partial charge on any atom is 0.225 e. The van der Waals surface area contributed by atoms with E-state index in [-0.39, 0.29) is 11.5 Å². The molecule has 2 rings (SSSR count). The molecule has 0 aliphatic carbocycles. The van der Waals surface area contributed by atoms with Crippen LogP contribution in [0.25, 0.3) is 0 Å². The third-order valence-electron chi connectivity index (χ3n) is 3.25. The number of aryl methyl sites for hydroxylation is 2. The second-order valence-corrected chi connectivity index (χ2v) is 6.76. The first-order valence-corrected chi connectivity index (χ1v) is 7.48. The van der Waals surface area contributed by atoms with Gasteiger partial charge in [0.15, 0.2) is 9.84 Å². The summed E-state index contributed by atoms with van der Waals surface area (Å²) in [6.45, 7) is 6.88. The van der Waals surface area contributed by atoms with Crippen LogP contribution in [0, 0.1) is 20.8 Å². The summed E-state index contributed by atoms with van der Waals surface area (Å²) in [5, 5.41) is 0. The predicted molar refractivity (Wildman–Crippen MR) is 67.1 cm³/mol. The Hall–Kier alpha value is -1.17. The van der Waals surface area contributed by atoms with Gasteiger partial charge in [-0.3, -0.25) is 0 Å². The smallest absolute Gasteiger partial charge is 0.225 e. The van der Waals surface area contributed by atoms with Gasteiger partial charge in [-0.15, -0.1) is 0 Å². The third kappa shape index (κ3) is 2.57. The minimum absolute atomic E-state index is 0.197. The molecule has 0 unspecified atom stereocenters. The molecule has 17 heavy (non-hydrogen) atoms. The Bertz CT molecular complexity index is 503. The molecule has 1 saturated heterocycles. The van der Waals surface area contributed by atoms with Gasteiger partial charge in [0.2, 0.25) is 5.95 Å². The summed E-state index contributed by atoms with van der Waals surface area (Å²) >= 11 is 0. The van der Waals surface area contributed by atoms with Crippen molar-refractivity contribution in [1.29, 1.82) is 0 Å². The van der Waals surface area contributed by atoms with Crippen LogP contribution in [0.3, 0.4) is 0 Å². The molecule has 94 valence electrons. The number of rotatable bonds is 1. The first kappa shape index (κ1) is 12.3. The molecule has 1 aromatic heterocycles. The molecule has 1 aliphatic rings.